The number of rotatable bonds is 5. The monoisotopic (exact) mass is 252 g/mol. The van der Waals surface area contributed by atoms with E-state index in [1.807, 2.05) is 20.8 Å². The van der Waals surface area contributed by atoms with E-state index in [-0.39, 0.29) is 18.3 Å². The average Bonchev–Trinajstić information content (AvgIpc) is 2.38. The Kier molecular flexibility index (Phi) is 4.84. The van der Waals surface area contributed by atoms with Gasteiger partial charge in [-0.15, -0.1) is 0 Å². The van der Waals surface area contributed by atoms with Gasteiger partial charge < -0.3 is 10.6 Å². The summed E-state index contributed by atoms with van der Waals surface area (Å²) in [5.41, 5.74) is 5.68. The minimum atomic E-state index is -0.595. The van der Waals surface area contributed by atoms with Crippen LogP contribution in [0.15, 0.2) is 24.3 Å². The van der Waals surface area contributed by atoms with Gasteiger partial charge in [0.1, 0.15) is 5.82 Å². The molecule has 0 saturated carbocycles. The number of carbonyl (C=O) groups is 1. The predicted molar refractivity (Wildman–Crippen MR) is 71.9 cm³/mol. The molecule has 1 aromatic rings. The summed E-state index contributed by atoms with van der Waals surface area (Å²) in [6.45, 7) is 6.43. The summed E-state index contributed by atoms with van der Waals surface area (Å²) < 4.78 is 13.2. The summed E-state index contributed by atoms with van der Waals surface area (Å²) in [5, 5.41) is 0. The molecule has 0 spiro atoms. The molecule has 4 heteroatoms. The molecule has 0 aliphatic heterocycles. The fourth-order valence-corrected chi connectivity index (χ4v) is 1.80. The van der Waals surface area contributed by atoms with Crippen molar-refractivity contribution in [3.05, 3.63) is 30.1 Å². The summed E-state index contributed by atoms with van der Waals surface area (Å²) in [6.07, 6.45) is 0.661. The fraction of sp³-hybridized carbons (Fsp3) is 0.500. The third kappa shape index (κ3) is 2.88. The summed E-state index contributed by atoms with van der Waals surface area (Å²) in [6, 6.07) is 6.07. The summed E-state index contributed by atoms with van der Waals surface area (Å²) in [7, 11) is 0. The molecule has 0 radical (unpaired) electrons. The molecule has 0 aliphatic rings. The Hall–Kier alpha value is -1.42. The summed E-state index contributed by atoms with van der Waals surface area (Å²) in [5.74, 6) is -0.398. The quantitative estimate of drug-likeness (QED) is 0.875. The highest BCUT2D eigenvalue weighted by Gasteiger charge is 2.33. The number of anilines is 1. The van der Waals surface area contributed by atoms with Gasteiger partial charge in [-0.2, -0.15) is 0 Å². The molecule has 18 heavy (non-hydrogen) atoms. The Labute approximate surface area is 108 Å². The van der Waals surface area contributed by atoms with Crippen LogP contribution < -0.4 is 10.6 Å². The zero-order chi connectivity index (χ0) is 13.8. The number of carbonyl (C=O) groups excluding carboxylic acids is 1. The van der Waals surface area contributed by atoms with Crippen molar-refractivity contribution in [3.63, 3.8) is 0 Å². The van der Waals surface area contributed by atoms with Gasteiger partial charge in [0.15, 0.2) is 0 Å². The van der Waals surface area contributed by atoms with E-state index in [0.717, 1.165) is 0 Å². The van der Waals surface area contributed by atoms with Gasteiger partial charge in [-0.3, -0.25) is 4.79 Å². The molecule has 0 aromatic heterocycles. The van der Waals surface area contributed by atoms with Crippen molar-refractivity contribution >= 4 is 11.6 Å². The molecule has 0 saturated heterocycles. The van der Waals surface area contributed by atoms with Crippen molar-refractivity contribution in [3.8, 4) is 0 Å². The van der Waals surface area contributed by atoms with Gasteiger partial charge in [0.05, 0.1) is 5.41 Å². The second-order valence-corrected chi connectivity index (χ2v) is 4.65. The zero-order valence-corrected chi connectivity index (χ0v) is 11.2. The molecule has 100 valence electrons. The molecule has 1 unspecified atom stereocenters. The second-order valence-electron chi connectivity index (χ2n) is 4.65. The first kappa shape index (κ1) is 14.6. The van der Waals surface area contributed by atoms with Crippen LogP contribution >= 0.6 is 0 Å². The minimum absolute atomic E-state index is 0.0550. The van der Waals surface area contributed by atoms with E-state index in [0.29, 0.717) is 18.7 Å². The SMILES string of the molecule is CCN(C(=O)C(C)(CC)CN)c1cccc(F)c1. The van der Waals surface area contributed by atoms with Crippen LogP contribution in [0, 0.1) is 11.2 Å². The van der Waals surface area contributed by atoms with Crippen LogP contribution in [-0.2, 0) is 4.79 Å². The lowest BCUT2D eigenvalue weighted by molar-refractivity contribution is -0.127. The predicted octanol–water partition coefficient (Wildman–Crippen LogP) is 2.55. The molecular formula is C14H21FN2O. The van der Waals surface area contributed by atoms with E-state index in [1.165, 1.54) is 12.1 Å². The maximum Gasteiger partial charge on any atom is 0.234 e. The van der Waals surface area contributed by atoms with Crippen molar-refractivity contribution < 1.29 is 9.18 Å². The second kappa shape index (κ2) is 5.96. The normalized spacial score (nSPS) is 14.1. The van der Waals surface area contributed by atoms with Crippen molar-refractivity contribution in [2.45, 2.75) is 27.2 Å². The third-order valence-electron chi connectivity index (χ3n) is 3.43. The number of halogens is 1. The van der Waals surface area contributed by atoms with Gasteiger partial charge in [0, 0.05) is 18.8 Å². The van der Waals surface area contributed by atoms with Crippen molar-refractivity contribution in [1.29, 1.82) is 0 Å². The van der Waals surface area contributed by atoms with Gasteiger partial charge in [-0.1, -0.05) is 13.0 Å². The first-order valence-corrected chi connectivity index (χ1v) is 6.26. The van der Waals surface area contributed by atoms with E-state index in [2.05, 4.69) is 0 Å². The van der Waals surface area contributed by atoms with E-state index < -0.39 is 5.41 Å². The lowest BCUT2D eigenvalue weighted by Crippen LogP contribution is -2.46. The average molecular weight is 252 g/mol. The third-order valence-corrected chi connectivity index (χ3v) is 3.43. The van der Waals surface area contributed by atoms with Crippen LogP contribution in [0.4, 0.5) is 10.1 Å². The first-order chi connectivity index (χ1) is 8.48. The Morgan fingerprint density at radius 3 is 2.56 bits per heavy atom. The molecule has 0 fully saturated rings. The van der Waals surface area contributed by atoms with Crippen LogP contribution in [0.2, 0.25) is 0 Å². The molecule has 1 rings (SSSR count). The zero-order valence-electron chi connectivity index (χ0n) is 11.2. The summed E-state index contributed by atoms with van der Waals surface area (Å²) >= 11 is 0. The van der Waals surface area contributed by atoms with Crippen molar-refractivity contribution in [2.24, 2.45) is 11.1 Å². The van der Waals surface area contributed by atoms with Gasteiger partial charge >= 0.3 is 0 Å². The molecular weight excluding hydrogens is 231 g/mol. The highest BCUT2D eigenvalue weighted by molar-refractivity contribution is 5.97. The van der Waals surface area contributed by atoms with E-state index in [9.17, 15) is 9.18 Å². The molecule has 1 amide bonds. The van der Waals surface area contributed by atoms with Gasteiger partial charge in [0.25, 0.3) is 0 Å². The topological polar surface area (TPSA) is 46.3 Å². The lowest BCUT2D eigenvalue weighted by atomic mass is 9.86. The van der Waals surface area contributed by atoms with Crippen LogP contribution in [-0.4, -0.2) is 19.0 Å². The van der Waals surface area contributed by atoms with Crippen LogP contribution in [0.5, 0.6) is 0 Å². The number of hydrogen-bond acceptors (Lipinski definition) is 2. The molecule has 0 heterocycles. The maximum atomic E-state index is 13.2. The number of nitrogens with two attached hydrogens (primary N) is 1. The Morgan fingerprint density at radius 2 is 2.11 bits per heavy atom. The number of hydrogen-bond donors (Lipinski definition) is 1. The van der Waals surface area contributed by atoms with E-state index >= 15 is 0 Å². The molecule has 1 atom stereocenters. The van der Waals surface area contributed by atoms with Gasteiger partial charge in [0.2, 0.25) is 5.91 Å². The Balaban J connectivity index is 3.07. The maximum absolute atomic E-state index is 13.2. The molecule has 3 nitrogen and oxygen atoms in total. The first-order valence-electron chi connectivity index (χ1n) is 6.26. The molecule has 2 N–H and O–H groups in total. The molecule has 0 aliphatic carbocycles. The number of amides is 1. The highest BCUT2D eigenvalue weighted by Crippen LogP contribution is 2.26. The van der Waals surface area contributed by atoms with Gasteiger partial charge in [-0.25, -0.2) is 4.39 Å². The minimum Gasteiger partial charge on any atom is -0.329 e. The molecule has 0 bridgehead atoms. The molecule has 1 aromatic carbocycles. The smallest absolute Gasteiger partial charge is 0.234 e. The van der Waals surface area contributed by atoms with Gasteiger partial charge in [-0.05, 0) is 38.5 Å². The van der Waals surface area contributed by atoms with Crippen LogP contribution in [0.1, 0.15) is 27.2 Å². The Morgan fingerprint density at radius 1 is 1.44 bits per heavy atom. The fourth-order valence-electron chi connectivity index (χ4n) is 1.80. The summed E-state index contributed by atoms with van der Waals surface area (Å²) in [4.78, 5) is 14.1. The highest BCUT2D eigenvalue weighted by atomic mass is 19.1. The van der Waals surface area contributed by atoms with E-state index in [4.69, 9.17) is 5.73 Å². The van der Waals surface area contributed by atoms with Crippen molar-refractivity contribution in [2.75, 3.05) is 18.0 Å². The number of nitrogens with zero attached hydrogens (tertiary/aromatic N) is 1. The van der Waals surface area contributed by atoms with Crippen LogP contribution in [0.3, 0.4) is 0 Å². The standard InChI is InChI=1S/C14H21FN2O/c1-4-14(3,10-16)13(18)17(5-2)12-8-6-7-11(15)9-12/h6-9H,4-5,10,16H2,1-3H3. The lowest BCUT2D eigenvalue weighted by Gasteiger charge is -2.32. The van der Waals surface area contributed by atoms with Crippen molar-refractivity contribution in [1.82, 2.24) is 0 Å². The number of benzene rings is 1. The van der Waals surface area contributed by atoms with Crippen LogP contribution in [0.25, 0.3) is 0 Å². The van der Waals surface area contributed by atoms with E-state index in [1.54, 1.807) is 17.0 Å². The largest absolute Gasteiger partial charge is 0.329 e. The Bertz CT molecular complexity index is 416.